The van der Waals surface area contributed by atoms with E-state index in [1.165, 1.54) is 21.1 Å². The summed E-state index contributed by atoms with van der Waals surface area (Å²) in [7, 11) is 3.02. The highest BCUT2D eigenvalue weighted by Gasteiger charge is 2.17. The summed E-state index contributed by atoms with van der Waals surface area (Å²) in [5.41, 5.74) is 6.98. The molecule has 0 saturated carbocycles. The number of nitrogens with two attached hydrogens (primary N) is 1. The van der Waals surface area contributed by atoms with Gasteiger partial charge in [0.05, 0.1) is 20.3 Å². The van der Waals surface area contributed by atoms with Crippen LogP contribution in [0.1, 0.15) is 22.7 Å². The molecule has 0 bridgehead atoms. The van der Waals surface area contributed by atoms with Gasteiger partial charge in [0.25, 0.3) is 0 Å². The molecule has 112 valence electrons. The van der Waals surface area contributed by atoms with E-state index < -0.39 is 17.7 Å². The van der Waals surface area contributed by atoms with Crippen LogP contribution in [0, 0.1) is 18.6 Å². The second-order valence-electron chi connectivity index (χ2n) is 4.75. The highest BCUT2D eigenvalue weighted by atomic mass is 19.1. The van der Waals surface area contributed by atoms with Crippen LogP contribution in [0.3, 0.4) is 0 Å². The topological polar surface area (TPSA) is 44.5 Å². The van der Waals surface area contributed by atoms with Gasteiger partial charge >= 0.3 is 0 Å². The van der Waals surface area contributed by atoms with Crippen molar-refractivity contribution in [2.24, 2.45) is 5.73 Å². The molecule has 0 saturated heterocycles. The second-order valence-corrected chi connectivity index (χ2v) is 4.75. The van der Waals surface area contributed by atoms with E-state index in [0.717, 1.165) is 12.1 Å². The summed E-state index contributed by atoms with van der Waals surface area (Å²) < 4.78 is 38.0. The Hall–Kier alpha value is -2.14. The Morgan fingerprint density at radius 3 is 2.00 bits per heavy atom. The molecule has 5 heteroatoms. The van der Waals surface area contributed by atoms with Crippen molar-refractivity contribution in [3.05, 3.63) is 58.7 Å². The zero-order valence-corrected chi connectivity index (χ0v) is 12.1. The fraction of sp³-hybridized carbons (Fsp3) is 0.250. The first-order valence-electron chi connectivity index (χ1n) is 6.40. The molecular formula is C16H17F2NO2. The largest absolute Gasteiger partial charge is 0.497 e. The van der Waals surface area contributed by atoms with Crippen molar-refractivity contribution in [1.82, 2.24) is 0 Å². The standard InChI is InChI=1S/C16H17F2NO2/c1-9-4-15(18)13(8-14(9)17)16(19)10-5-11(20-2)7-12(6-10)21-3/h4-8,16H,19H2,1-3H3. The summed E-state index contributed by atoms with van der Waals surface area (Å²) in [6, 6.07) is 6.48. The molecule has 0 heterocycles. The number of aryl methyl sites for hydroxylation is 1. The molecule has 0 aliphatic heterocycles. The first-order chi connectivity index (χ1) is 9.96. The molecule has 0 fully saturated rings. The van der Waals surface area contributed by atoms with E-state index in [0.29, 0.717) is 17.1 Å². The van der Waals surface area contributed by atoms with E-state index >= 15 is 0 Å². The monoisotopic (exact) mass is 293 g/mol. The van der Waals surface area contributed by atoms with Gasteiger partial charge in [0.1, 0.15) is 23.1 Å². The van der Waals surface area contributed by atoms with E-state index in [9.17, 15) is 8.78 Å². The lowest BCUT2D eigenvalue weighted by Crippen LogP contribution is -2.14. The van der Waals surface area contributed by atoms with Gasteiger partial charge in [-0.25, -0.2) is 8.78 Å². The molecule has 21 heavy (non-hydrogen) atoms. The molecule has 1 unspecified atom stereocenters. The first kappa shape index (κ1) is 15.3. The molecule has 0 aromatic heterocycles. The SMILES string of the molecule is COc1cc(OC)cc(C(N)c2cc(F)c(C)cc2F)c1. The number of methoxy groups -OCH3 is 2. The molecule has 0 spiro atoms. The summed E-state index contributed by atoms with van der Waals surface area (Å²) >= 11 is 0. The maximum Gasteiger partial charge on any atom is 0.128 e. The molecule has 1 atom stereocenters. The Kier molecular flexibility index (Phi) is 4.43. The third kappa shape index (κ3) is 3.13. The summed E-state index contributed by atoms with van der Waals surface area (Å²) in [6.45, 7) is 1.50. The molecule has 0 radical (unpaired) electrons. The number of halogens is 2. The Balaban J connectivity index is 2.49. The molecule has 2 aromatic rings. The van der Waals surface area contributed by atoms with Crippen molar-refractivity contribution >= 4 is 0 Å². The lowest BCUT2D eigenvalue weighted by Gasteiger charge is -2.16. The van der Waals surface area contributed by atoms with Crippen molar-refractivity contribution in [3.63, 3.8) is 0 Å². The number of hydrogen-bond acceptors (Lipinski definition) is 3. The second kappa shape index (κ2) is 6.10. The van der Waals surface area contributed by atoms with Crippen molar-refractivity contribution in [1.29, 1.82) is 0 Å². The van der Waals surface area contributed by atoms with Gasteiger partial charge in [-0.1, -0.05) is 0 Å². The van der Waals surface area contributed by atoms with Crippen molar-refractivity contribution in [2.45, 2.75) is 13.0 Å². The number of hydrogen-bond donors (Lipinski definition) is 1. The Morgan fingerprint density at radius 1 is 0.905 bits per heavy atom. The lowest BCUT2D eigenvalue weighted by molar-refractivity contribution is 0.393. The van der Waals surface area contributed by atoms with Crippen molar-refractivity contribution < 1.29 is 18.3 Å². The lowest BCUT2D eigenvalue weighted by atomic mass is 9.97. The van der Waals surface area contributed by atoms with Crippen LogP contribution in [0.25, 0.3) is 0 Å². The molecule has 2 N–H and O–H groups in total. The summed E-state index contributed by atoms with van der Waals surface area (Å²) in [5, 5.41) is 0. The van der Waals surface area contributed by atoms with Gasteiger partial charge in [-0.3, -0.25) is 0 Å². The van der Waals surface area contributed by atoms with Crippen LogP contribution in [0.15, 0.2) is 30.3 Å². The molecular weight excluding hydrogens is 276 g/mol. The number of benzene rings is 2. The Bertz CT molecular complexity index is 637. The van der Waals surface area contributed by atoms with E-state index in [2.05, 4.69) is 0 Å². The average molecular weight is 293 g/mol. The number of rotatable bonds is 4. The number of ether oxygens (including phenoxy) is 2. The molecule has 2 rings (SSSR count). The third-order valence-electron chi connectivity index (χ3n) is 3.35. The predicted molar refractivity (Wildman–Crippen MR) is 76.7 cm³/mol. The minimum atomic E-state index is -0.816. The van der Waals surface area contributed by atoms with Gasteiger partial charge in [-0.05, 0) is 42.3 Å². The summed E-state index contributed by atoms with van der Waals surface area (Å²) in [6.07, 6.45) is 0. The normalized spacial score (nSPS) is 12.1. The van der Waals surface area contributed by atoms with Crippen LogP contribution < -0.4 is 15.2 Å². The molecule has 3 nitrogen and oxygen atoms in total. The smallest absolute Gasteiger partial charge is 0.128 e. The van der Waals surface area contributed by atoms with Crippen molar-refractivity contribution in [2.75, 3.05) is 14.2 Å². The molecule has 0 aliphatic carbocycles. The van der Waals surface area contributed by atoms with E-state index in [4.69, 9.17) is 15.2 Å². The fourth-order valence-corrected chi connectivity index (χ4v) is 2.09. The highest BCUT2D eigenvalue weighted by Crippen LogP contribution is 2.30. The summed E-state index contributed by atoms with van der Waals surface area (Å²) in [5.74, 6) is 0.0421. The predicted octanol–water partition coefficient (Wildman–Crippen LogP) is 3.34. The van der Waals surface area contributed by atoms with Crippen LogP contribution in [-0.2, 0) is 0 Å². The zero-order valence-electron chi connectivity index (χ0n) is 12.1. The molecule has 0 amide bonds. The van der Waals surface area contributed by atoms with Gasteiger partial charge in [0, 0.05) is 11.6 Å². The van der Waals surface area contributed by atoms with Crippen molar-refractivity contribution in [3.8, 4) is 11.5 Å². The van der Waals surface area contributed by atoms with Gasteiger partial charge in [0.15, 0.2) is 0 Å². The molecule has 0 aliphatic rings. The van der Waals surface area contributed by atoms with Crippen LogP contribution in [0.5, 0.6) is 11.5 Å². The van der Waals surface area contributed by atoms with Gasteiger partial charge in [0.2, 0.25) is 0 Å². The molecule has 2 aromatic carbocycles. The van der Waals surface area contributed by atoms with Gasteiger partial charge in [-0.15, -0.1) is 0 Å². The van der Waals surface area contributed by atoms with E-state index in [1.54, 1.807) is 18.2 Å². The maximum atomic E-state index is 14.0. The van der Waals surface area contributed by atoms with Gasteiger partial charge < -0.3 is 15.2 Å². The Morgan fingerprint density at radius 2 is 1.48 bits per heavy atom. The minimum Gasteiger partial charge on any atom is -0.497 e. The van der Waals surface area contributed by atoms with Crippen LogP contribution >= 0.6 is 0 Å². The Labute approximate surface area is 122 Å². The minimum absolute atomic E-state index is 0.0911. The maximum absolute atomic E-state index is 14.0. The summed E-state index contributed by atoms with van der Waals surface area (Å²) in [4.78, 5) is 0. The van der Waals surface area contributed by atoms with Gasteiger partial charge in [-0.2, -0.15) is 0 Å². The quantitative estimate of drug-likeness (QED) is 0.940. The van der Waals surface area contributed by atoms with Crippen LogP contribution in [0.4, 0.5) is 8.78 Å². The average Bonchev–Trinajstić information content (AvgIpc) is 2.49. The van der Waals surface area contributed by atoms with Crippen LogP contribution in [0.2, 0.25) is 0 Å². The van der Waals surface area contributed by atoms with E-state index in [1.807, 2.05) is 0 Å². The fourth-order valence-electron chi connectivity index (χ4n) is 2.09. The van der Waals surface area contributed by atoms with Crippen LogP contribution in [-0.4, -0.2) is 14.2 Å². The third-order valence-corrected chi connectivity index (χ3v) is 3.35. The zero-order chi connectivity index (χ0) is 15.6. The van der Waals surface area contributed by atoms with E-state index in [-0.39, 0.29) is 11.1 Å². The highest BCUT2D eigenvalue weighted by molar-refractivity contribution is 5.43. The first-order valence-corrected chi connectivity index (χ1v) is 6.40.